The third kappa shape index (κ3) is 4.05. The number of aromatic nitrogens is 1. The minimum absolute atomic E-state index is 0.0867. The maximum Gasteiger partial charge on any atom is 0.190 e. The quantitative estimate of drug-likeness (QED) is 0.778. The number of rotatable bonds is 8. The van der Waals surface area contributed by atoms with Crippen molar-refractivity contribution in [3.05, 3.63) is 40.9 Å². The van der Waals surface area contributed by atoms with Gasteiger partial charge < -0.3 is 10.0 Å². The molecular weight excluding hydrogens is 280 g/mol. The normalized spacial score (nSPS) is 10.8. The highest BCUT2D eigenvalue weighted by Gasteiger charge is 2.16. The Morgan fingerprint density at radius 1 is 1.14 bits per heavy atom. The molecular formula is C17H24N2OS. The van der Waals surface area contributed by atoms with Gasteiger partial charge in [0.25, 0.3) is 0 Å². The van der Waals surface area contributed by atoms with Crippen LogP contribution in [0.1, 0.15) is 43.7 Å². The second kappa shape index (κ2) is 8.15. The minimum Gasteiger partial charge on any atom is -0.391 e. The molecule has 4 heteroatoms. The number of unbranched alkanes of at least 4 members (excludes halogenated alkanes) is 1. The van der Waals surface area contributed by atoms with E-state index in [0.29, 0.717) is 0 Å². The van der Waals surface area contributed by atoms with Gasteiger partial charge in [-0.3, -0.25) is 0 Å². The van der Waals surface area contributed by atoms with E-state index in [1.54, 1.807) is 11.3 Å². The van der Waals surface area contributed by atoms with Gasteiger partial charge in [-0.15, -0.1) is 0 Å². The topological polar surface area (TPSA) is 36.4 Å². The molecule has 2 aromatic rings. The van der Waals surface area contributed by atoms with E-state index in [2.05, 4.69) is 43.0 Å². The zero-order valence-electron chi connectivity index (χ0n) is 12.9. The Labute approximate surface area is 131 Å². The summed E-state index contributed by atoms with van der Waals surface area (Å²) in [4.78, 5) is 8.06. The Morgan fingerprint density at radius 2 is 1.90 bits per heavy atom. The van der Waals surface area contributed by atoms with E-state index in [9.17, 15) is 5.11 Å². The highest BCUT2D eigenvalue weighted by atomic mass is 32.1. The number of hydrogen-bond acceptors (Lipinski definition) is 4. The molecule has 0 fully saturated rings. The molecule has 0 unspecified atom stereocenters. The van der Waals surface area contributed by atoms with Gasteiger partial charge in [0.2, 0.25) is 0 Å². The van der Waals surface area contributed by atoms with Gasteiger partial charge in [-0.2, -0.15) is 0 Å². The Morgan fingerprint density at radius 3 is 2.52 bits per heavy atom. The number of benzene rings is 1. The number of para-hydroxylation sites is 1. The van der Waals surface area contributed by atoms with Crippen LogP contribution in [-0.2, 0) is 13.0 Å². The highest BCUT2D eigenvalue weighted by Crippen LogP contribution is 2.32. The van der Waals surface area contributed by atoms with E-state index in [-0.39, 0.29) is 6.61 Å². The van der Waals surface area contributed by atoms with Crippen molar-refractivity contribution in [3.63, 3.8) is 0 Å². The molecule has 0 aliphatic rings. The third-order valence-electron chi connectivity index (χ3n) is 3.43. The number of aryl methyl sites for hydroxylation is 1. The van der Waals surface area contributed by atoms with Crippen molar-refractivity contribution >= 4 is 22.2 Å². The van der Waals surface area contributed by atoms with Crippen LogP contribution < -0.4 is 4.90 Å². The number of thiazole rings is 1. The van der Waals surface area contributed by atoms with Crippen LogP contribution in [0.2, 0.25) is 0 Å². The van der Waals surface area contributed by atoms with Crippen LogP contribution in [0.4, 0.5) is 10.8 Å². The summed E-state index contributed by atoms with van der Waals surface area (Å²) in [5, 5.41) is 10.5. The molecule has 1 aromatic heterocycles. The SMILES string of the molecule is CCCCN(c1ccccc1)c1nc(CCC)c(CO)s1. The van der Waals surface area contributed by atoms with Gasteiger partial charge in [-0.1, -0.05) is 56.2 Å². The first-order valence-corrected chi connectivity index (χ1v) is 8.53. The molecule has 0 bridgehead atoms. The van der Waals surface area contributed by atoms with Crippen LogP contribution in [0.3, 0.4) is 0 Å². The van der Waals surface area contributed by atoms with Crippen LogP contribution in [0.25, 0.3) is 0 Å². The van der Waals surface area contributed by atoms with Gasteiger partial charge in [0, 0.05) is 12.2 Å². The maximum absolute atomic E-state index is 9.54. The van der Waals surface area contributed by atoms with Crippen LogP contribution in [0.15, 0.2) is 30.3 Å². The largest absolute Gasteiger partial charge is 0.391 e. The highest BCUT2D eigenvalue weighted by molar-refractivity contribution is 7.15. The van der Waals surface area contributed by atoms with Crippen LogP contribution in [-0.4, -0.2) is 16.6 Å². The molecule has 0 saturated carbocycles. The molecule has 0 radical (unpaired) electrons. The average Bonchev–Trinajstić information content (AvgIpc) is 2.92. The van der Waals surface area contributed by atoms with Crippen LogP contribution in [0, 0.1) is 0 Å². The summed E-state index contributed by atoms with van der Waals surface area (Å²) >= 11 is 1.62. The summed E-state index contributed by atoms with van der Waals surface area (Å²) in [7, 11) is 0. The van der Waals surface area contributed by atoms with Gasteiger partial charge >= 0.3 is 0 Å². The predicted molar refractivity (Wildman–Crippen MR) is 90.4 cm³/mol. The van der Waals surface area contributed by atoms with E-state index in [1.165, 1.54) is 5.69 Å². The standard InChI is InChI=1S/C17H24N2OS/c1-3-5-12-19(14-10-7-6-8-11-14)17-18-15(9-4-2)16(13-20)21-17/h6-8,10-11,20H,3-5,9,12-13H2,1-2H3. The number of nitrogens with zero attached hydrogens (tertiary/aromatic N) is 2. The number of hydrogen-bond donors (Lipinski definition) is 1. The lowest BCUT2D eigenvalue weighted by Gasteiger charge is -2.21. The van der Waals surface area contributed by atoms with E-state index in [0.717, 1.165) is 47.9 Å². The number of anilines is 2. The van der Waals surface area contributed by atoms with Gasteiger partial charge in [-0.05, 0) is 25.0 Å². The second-order valence-electron chi connectivity index (χ2n) is 5.12. The minimum atomic E-state index is 0.0867. The molecule has 1 aromatic carbocycles. The van der Waals surface area contributed by atoms with E-state index in [1.807, 2.05) is 6.07 Å². The first-order chi connectivity index (χ1) is 10.3. The van der Waals surface area contributed by atoms with Crippen molar-refractivity contribution in [2.24, 2.45) is 0 Å². The Balaban J connectivity index is 2.32. The van der Waals surface area contributed by atoms with Crippen molar-refractivity contribution < 1.29 is 5.11 Å². The fourth-order valence-corrected chi connectivity index (χ4v) is 3.31. The molecule has 1 heterocycles. The lowest BCUT2D eigenvalue weighted by Crippen LogP contribution is -2.18. The molecule has 2 rings (SSSR count). The molecule has 0 aliphatic heterocycles. The van der Waals surface area contributed by atoms with Crippen molar-refractivity contribution in [3.8, 4) is 0 Å². The van der Waals surface area contributed by atoms with Gasteiger partial charge in [0.05, 0.1) is 17.2 Å². The summed E-state index contributed by atoms with van der Waals surface area (Å²) in [5.74, 6) is 0. The van der Waals surface area contributed by atoms with Gasteiger partial charge in [-0.25, -0.2) is 4.98 Å². The monoisotopic (exact) mass is 304 g/mol. The van der Waals surface area contributed by atoms with Crippen molar-refractivity contribution in [2.75, 3.05) is 11.4 Å². The molecule has 3 nitrogen and oxygen atoms in total. The van der Waals surface area contributed by atoms with E-state index in [4.69, 9.17) is 4.98 Å². The molecule has 114 valence electrons. The summed E-state index contributed by atoms with van der Waals surface area (Å²) in [6, 6.07) is 10.4. The zero-order valence-corrected chi connectivity index (χ0v) is 13.7. The molecule has 21 heavy (non-hydrogen) atoms. The Hall–Kier alpha value is -1.39. The first kappa shape index (κ1) is 16.0. The van der Waals surface area contributed by atoms with Gasteiger partial charge in [0.15, 0.2) is 5.13 Å². The lowest BCUT2D eigenvalue weighted by molar-refractivity contribution is 0.284. The van der Waals surface area contributed by atoms with Crippen LogP contribution in [0.5, 0.6) is 0 Å². The third-order valence-corrected chi connectivity index (χ3v) is 4.54. The number of aliphatic hydroxyl groups excluding tert-OH is 1. The molecule has 1 N–H and O–H groups in total. The summed E-state index contributed by atoms with van der Waals surface area (Å²) in [6.07, 6.45) is 4.27. The Bertz CT molecular complexity index is 539. The molecule has 0 atom stereocenters. The van der Waals surface area contributed by atoms with Crippen LogP contribution >= 0.6 is 11.3 Å². The average molecular weight is 304 g/mol. The maximum atomic E-state index is 9.54. The second-order valence-corrected chi connectivity index (χ2v) is 6.18. The fourth-order valence-electron chi connectivity index (χ4n) is 2.30. The van der Waals surface area contributed by atoms with Crippen molar-refractivity contribution in [1.82, 2.24) is 4.98 Å². The van der Waals surface area contributed by atoms with Crippen molar-refractivity contribution in [1.29, 1.82) is 0 Å². The summed E-state index contributed by atoms with van der Waals surface area (Å²) in [5.41, 5.74) is 2.23. The van der Waals surface area contributed by atoms with Gasteiger partial charge in [0.1, 0.15) is 0 Å². The first-order valence-electron chi connectivity index (χ1n) is 7.72. The van der Waals surface area contributed by atoms with E-state index >= 15 is 0 Å². The molecule has 0 spiro atoms. The Kier molecular flexibility index (Phi) is 6.21. The fraction of sp³-hybridized carbons (Fsp3) is 0.471. The molecule has 0 aliphatic carbocycles. The molecule has 0 saturated heterocycles. The van der Waals surface area contributed by atoms with E-state index < -0.39 is 0 Å². The molecule has 0 amide bonds. The summed E-state index contributed by atoms with van der Waals surface area (Å²) in [6.45, 7) is 5.40. The number of aliphatic hydroxyl groups is 1. The zero-order chi connectivity index (χ0) is 15.1. The van der Waals surface area contributed by atoms with Crippen molar-refractivity contribution in [2.45, 2.75) is 46.1 Å². The smallest absolute Gasteiger partial charge is 0.190 e. The summed E-state index contributed by atoms with van der Waals surface area (Å²) < 4.78 is 0. The lowest BCUT2D eigenvalue weighted by atomic mass is 10.2. The predicted octanol–water partition coefficient (Wildman–Crippen LogP) is 4.53.